The maximum atomic E-state index is 12.6. The summed E-state index contributed by atoms with van der Waals surface area (Å²) in [5.74, 6) is 0.0472. The Morgan fingerprint density at radius 3 is 2.52 bits per heavy atom. The molecular formula is C18H27N3O2. The predicted octanol–water partition coefficient (Wildman–Crippen LogP) is 1.29. The normalized spacial score (nSPS) is 17.3. The monoisotopic (exact) mass is 317 g/mol. The molecule has 1 aromatic carbocycles. The van der Waals surface area contributed by atoms with Gasteiger partial charge >= 0.3 is 0 Å². The Balaban J connectivity index is 1.88. The van der Waals surface area contributed by atoms with E-state index in [9.17, 15) is 9.59 Å². The zero-order valence-corrected chi connectivity index (χ0v) is 14.1. The molecule has 1 aliphatic heterocycles. The Morgan fingerprint density at radius 1 is 1.17 bits per heavy atom. The third-order valence-electron chi connectivity index (χ3n) is 4.16. The molecule has 0 bridgehead atoms. The van der Waals surface area contributed by atoms with E-state index in [4.69, 9.17) is 0 Å². The van der Waals surface area contributed by atoms with E-state index in [2.05, 4.69) is 22.3 Å². The molecule has 0 spiro atoms. The first-order valence-electron chi connectivity index (χ1n) is 8.33. The zero-order chi connectivity index (χ0) is 16.7. The molecule has 5 nitrogen and oxygen atoms in total. The van der Waals surface area contributed by atoms with Gasteiger partial charge in [0.25, 0.3) is 0 Å². The molecule has 126 valence electrons. The van der Waals surface area contributed by atoms with Crippen LogP contribution in [0.1, 0.15) is 24.8 Å². The second-order valence-corrected chi connectivity index (χ2v) is 6.38. The summed E-state index contributed by atoms with van der Waals surface area (Å²) in [6, 6.07) is 9.99. The van der Waals surface area contributed by atoms with Gasteiger partial charge in [-0.15, -0.1) is 0 Å². The van der Waals surface area contributed by atoms with E-state index in [0.717, 1.165) is 25.9 Å². The molecule has 1 aromatic rings. The molecule has 1 N–H and O–H groups in total. The minimum atomic E-state index is -0.332. The number of hydrogen-bond donors (Lipinski definition) is 1. The fourth-order valence-electron chi connectivity index (χ4n) is 2.79. The van der Waals surface area contributed by atoms with Gasteiger partial charge in [-0.05, 0) is 38.9 Å². The van der Waals surface area contributed by atoms with E-state index >= 15 is 0 Å². The van der Waals surface area contributed by atoms with Crippen LogP contribution in [0.15, 0.2) is 30.3 Å². The molecule has 5 heteroatoms. The number of hydrogen-bond acceptors (Lipinski definition) is 3. The first kappa shape index (κ1) is 17.5. The summed E-state index contributed by atoms with van der Waals surface area (Å²) < 4.78 is 0. The SMILES string of the molecule is CN(C)CCN(CCCc1ccccc1)C(=O)C1CCC(=O)N1. The van der Waals surface area contributed by atoms with E-state index in [1.54, 1.807) is 0 Å². The highest BCUT2D eigenvalue weighted by Gasteiger charge is 2.30. The first-order valence-corrected chi connectivity index (χ1v) is 8.33. The average Bonchev–Trinajstić information content (AvgIpc) is 2.97. The van der Waals surface area contributed by atoms with E-state index < -0.39 is 0 Å². The summed E-state index contributed by atoms with van der Waals surface area (Å²) in [6.45, 7) is 2.26. The fraction of sp³-hybridized carbons (Fsp3) is 0.556. The van der Waals surface area contributed by atoms with Gasteiger partial charge in [0.15, 0.2) is 0 Å². The summed E-state index contributed by atoms with van der Waals surface area (Å²) in [6.07, 6.45) is 2.98. The molecule has 0 radical (unpaired) electrons. The molecule has 1 saturated heterocycles. The van der Waals surface area contributed by atoms with Gasteiger partial charge in [0.05, 0.1) is 0 Å². The molecule has 1 aliphatic rings. The van der Waals surface area contributed by atoms with Crippen LogP contribution in [0.4, 0.5) is 0 Å². The van der Waals surface area contributed by atoms with Crippen LogP contribution in [0.3, 0.4) is 0 Å². The molecule has 1 atom stereocenters. The number of amides is 2. The minimum absolute atomic E-state index is 0.0137. The summed E-state index contributed by atoms with van der Waals surface area (Å²) in [4.78, 5) is 28.0. The summed E-state index contributed by atoms with van der Waals surface area (Å²) in [5, 5.41) is 2.79. The third-order valence-corrected chi connectivity index (χ3v) is 4.16. The van der Waals surface area contributed by atoms with Crippen molar-refractivity contribution in [2.24, 2.45) is 0 Å². The van der Waals surface area contributed by atoms with Crippen LogP contribution < -0.4 is 5.32 Å². The Hall–Kier alpha value is -1.88. The molecule has 1 heterocycles. The molecule has 0 aliphatic carbocycles. The standard InChI is InChI=1S/C18H27N3O2/c1-20(2)13-14-21(18(23)16-10-11-17(22)19-16)12-6-9-15-7-4-3-5-8-15/h3-5,7-8,16H,6,9-14H2,1-2H3,(H,19,22). The lowest BCUT2D eigenvalue weighted by molar-refractivity contribution is -0.134. The van der Waals surface area contributed by atoms with Gasteiger partial charge in [-0.3, -0.25) is 9.59 Å². The van der Waals surface area contributed by atoms with E-state index in [-0.39, 0.29) is 17.9 Å². The topological polar surface area (TPSA) is 52.7 Å². The summed E-state index contributed by atoms with van der Waals surface area (Å²) in [7, 11) is 4.01. The highest BCUT2D eigenvalue weighted by Crippen LogP contribution is 2.11. The smallest absolute Gasteiger partial charge is 0.245 e. The van der Waals surface area contributed by atoms with Crippen molar-refractivity contribution in [3.8, 4) is 0 Å². The Bertz CT molecular complexity index is 516. The van der Waals surface area contributed by atoms with Crippen LogP contribution in [0.25, 0.3) is 0 Å². The van der Waals surface area contributed by atoms with Crippen molar-refractivity contribution < 1.29 is 9.59 Å². The van der Waals surface area contributed by atoms with Crippen molar-refractivity contribution in [1.29, 1.82) is 0 Å². The molecule has 0 saturated carbocycles. The van der Waals surface area contributed by atoms with Gasteiger partial charge in [0.1, 0.15) is 6.04 Å². The van der Waals surface area contributed by atoms with Crippen molar-refractivity contribution in [3.63, 3.8) is 0 Å². The molecule has 2 rings (SSSR count). The maximum Gasteiger partial charge on any atom is 0.245 e. The van der Waals surface area contributed by atoms with Crippen molar-refractivity contribution >= 4 is 11.8 Å². The number of nitrogens with zero attached hydrogens (tertiary/aromatic N) is 2. The van der Waals surface area contributed by atoms with Crippen LogP contribution in [-0.2, 0) is 16.0 Å². The number of carbonyl (C=O) groups is 2. The molecule has 23 heavy (non-hydrogen) atoms. The van der Waals surface area contributed by atoms with Gasteiger partial charge in [0, 0.05) is 26.1 Å². The molecule has 1 fully saturated rings. The number of aryl methyl sites for hydroxylation is 1. The highest BCUT2D eigenvalue weighted by molar-refractivity contribution is 5.90. The van der Waals surface area contributed by atoms with Crippen molar-refractivity contribution in [3.05, 3.63) is 35.9 Å². The van der Waals surface area contributed by atoms with Gasteiger partial charge in [-0.1, -0.05) is 30.3 Å². The first-order chi connectivity index (χ1) is 11.1. The maximum absolute atomic E-state index is 12.6. The molecule has 1 unspecified atom stereocenters. The second-order valence-electron chi connectivity index (χ2n) is 6.38. The number of carbonyl (C=O) groups excluding carboxylic acids is 2. The quantitative estimate of drug-likeness (QED) is 0.786. The van der Waals surface area contributed by atoms with Crippen LogP contribution in [0, 0.1) is 0 Å². The lowest BCUT2D eigenvalue weighted by Crippen LogP contribution is -2.47. The third kappa shape index (κ3) is 5.67. The Kier molecular flexibility index (Phi) is 6.59. The summed E-state index contributed by atoms with van der Waals surface area (Å²) in [5.41, 5.74) is 1.29. The van der Waals surface area contributed by atoms with Gasteiger partial charge < -0.3 is 15.1 Å². The molecular weight excluding hydrogens is 290 g/mol. The van der Waals surface area contributed by atoms with Gasteiger partial charge in [0.2, 0.25) is 11.8 Å². The number of likely N-dealkylation sites (N-methyl/N-ethyl adjacent to an activating group) is 1. The second kappa shape index (κ2) is 8.67. The van der Waals surface area contributed by atoms with Gasteiger partial charge in [-0.25, -0.2) is 0 Å². The average molecular weight is 317 g/mol. The van der Waals surface area contributed by atoms with Crippen LogP contribution >= 0.6 is 0 Å². The number of rotatable bonds is 8. The van der Waals surface area contributed by atoms with Crippen LogP contribution in [0.2, 0.25) is 0 Å². The minimum Gasteiger partial charge on any atom is -0.344 e. The Labute approximate surface area is 138 Å². The van der Waals surface area contributed by atoms with Crippen molar-refractivity contribution in [2.45, 2.75) is 31.7 Å². The van der Waals surface area contributed by atoms with E-state index in [1.165, 1.54) is 5.56 Å². The highest BCUT2D eigenvalue weighted by atomic mass is 16.2. The van der Waals surface area contributed by atoms with Crippen LogP contribution in [0.5, 0.6) is 0 Å². The lowest BCUT2D eigenvalue weighted by Gasteiger charge is -2.27. The Morgan fingerprint density at radius 2 is 1.91 bits per heavy atom. The van der Waals surface area contributed by atoms with Gasteiger partial charge in [-0.2, -0.15) is 0 Å². The predicted molar refractivity (Wildman–Crippen MR) is 91.1 cm³/mol. The number of benzene rings is 1. The van der Waals surface area contributed by atoms with Crippen molar-refractivity contribution in [2.75, 3.05) is 33.7 Å². The molecule has 0 aromatic heterocycles. The van der Waals surface area contributed by atoms with Crippen LogP contribution in [-0.4, -0.2) is 61.4 Å². The molecule has 2 amide bonds. The van der Waals surface area contributed by atoms with E-state index in [1.807, 2.05) is 37.2 Å². The summed E-state index contributed by atoms with van der Waals surface area (Å²) >= 11 is 0. The fourth-order valence-corrected chi connectivity index (χ4v) is 2.79. The van der Waals surface area contributed by atoms with E-state index in [0.29, 0.717) is 19.4 Å². The largest absolute Gasteiger partial charge is 0.344 e. The van der Waals surface area contributed by atoms with Crippen molar-refractivity contribution in [1.82, 2.24) is 15.1 Å². The zero-order valence-electron chi connectivity index (χ0n) is 14.1. The lowest BCUT2D eigenvalue weighted by atomic mass is 10.1. The number of nitrogens with one attached hydrogen (secondary N) is 1.